The van der Waals surface area contributed by atoms with Gasteiger partial charge in [0.2, 0.25) is 0 Å². The third kappa shape index (κ3) is 4.72. The molecule has 1 fully saturated rings. The fourth-order valence-electron chi connectivity index (χ4n) is 2.61. The lowest BCUT2D eigenvalue weighted by Gasteiger charge is -2.09. The summed E-state index contributed by atoms with van der Waals surface area (Å²) in [6.45, 7) is 0. The van der Waals surface area contributed by atoms with E-state index < -0.39 is 12.1 Å². The Morgan fingerprint density at radius 2 is 1.86 bits per heavy atom. The Balaban J connectivity index is 1.66. The highest BCUT2D eigenvalue weighted by Gasteiger charge is 2.31. The zero-order valence-corrected chi connectivity index (χ0v) is 15.3. The van der Waals surface area contributed by atoms with Crippen molar-refractivity contribution in [3.05, 3.63) is 65.3 Å². The molecule has 3 aromatic rings. The third-order valence-corrected chi connectivity index (χ3v) is 4.56. The van der Waals surface area contributed by atoms with Crippen LogP contribution in [0.4, 0.5) is 23.7 Å². The predicted octanol–water partition coefficient (Wildman–Crippen LogP) is 5.06. The van der Waals surface area contributed by atoms with Gasteiger partial charge in [-0.25, -0.2) is 4.99 Å². The van der Waals surface area contributed by atoms with Gasteiger partial charge in [0, 0.05) is 18.5 Å². The lowest BCUT2D eigenvalue weighted by Crippen LogP contribution is -2.18. The van der Waals surface area contributed by atoms with E-state index in [1.54, 1.807) is 24.5 Å². The van der Waals surface area contributed by atoms with Gasteiger partial charge in [0.05, 0.1) is 21.6 Å². The van der Waals surface area contributed by atoms with E-state index in [4.69, 9.17) is 0 Å². The molecule has 0 saturated carbocycles. The Hall–Kier alpha value is -3.40. The number of amides is 1. The van der Waals surface area contributed by atoms with Gasteiger partial charge in [-0.1, -0.05) is 12.1 Å². The summed E-state index contributed by atoms with van der Waals surface area (Å²) >= 11 is 0.940. The number of ether oxygens (including phenoxy) is 1. The maximum Gasteiger partial charge on any atom is 0.573 e. The number of alkyl halides is 3. The number of halogens is 3. The Kier molecular flexibility index (Phi) is 4.93. The first-order valence-corrected chi connectivity index (χ1v) is 9.03. The van der Waals surface area contributed by atoms with E-state index >= 15 is 0 Å². The third-order valence-electron chi connectivity index (χ3n) is 3.74. The number of benzene rings is 2. The summed E-state index contributed by atoms with van der Waals surface area (Å²) in [5.41, 5.74) is 2.41. The van der Waals surface area contributed by atoms with Crippen LogP contribution in [0.15, 0.2) is 64.8 Å². The molecule has 0 bridgehead atoms. The molecule has 0 aliphatic carbocycles. The van der Waals surface area contributed by atoms with E-state index in [1.807, 2.05) is 12.1 Å². The average molecular weight is 416 g/mol. The second-order valence-electron chi connectivity index (χ2n) is 5.83. The summed E-state index contributed by atoms with van der Waals surface area (Å²) in [5, 5.41) is 2.26. The standard InChI is InChI=1S/C19H11F3N4O2S/c20-19(21,22)28-13-3-1-2-12(10-13)25-17-16(29-18(27)26-17)9-11-4-5-14-15(8-11)24-7-6-23-14/h1-10H,(H,25,26,27)/b16-9-. The van der Waals surface area contributed by atoms with Crippen LogP contribution in [0.2, 0.25) is 0 Å². The minimum absolute atomic E-state index is 0.208. The van der Waals surface area contributed by atoms with Crippen molar-refractivity contribution < 1.29 is 22.7 Å². The number of fused-ring (bicyclic) bond motifs is 1. The van der Waals surface area contributed by atoms with Gasteiger partial charge in [-0.3, -0.25) is 14.8 Å². The first-order chi connectivity index (χ1) is 13.9. The second-order valence-corrected chi connectivity index (χ2v) is 6.85. The van der Waals surface area contributed by atoms with Crippen molar-refractivity contribution >= 4 is 45.6 Å². The highest BCUT2D eigenvalue weighted by molar-refractivity contribution is 8.18. The number of carbonyl (C=O) groups is 1. The van der Waals surface area contributed by atoms with E-state index in [9.17, 15) is 18.0 Å². The van der Waals surface area contributed by atoms with Crippen LogP contribution in [0.5, 0.6) is 5.75 Å². The molecule has 0 unspecified atom stereocenters. The minimum atomic E-state index is -4.80. The molecule has 0 spiro atoms. The zero-order valence-electron chi connectivity index (χ0n) is 14.5. The van der Waals surface area contributed by atoms with E-state index in [1.165, 1.54) is 18.2 Å². The number of hydrogen-bond donors (Lipinski definition) is 1. The molecule has 2 heterocycles. The molecule has 1 saturated heterocycles. The molecular weight excluding hydrogens is 405 g/mol. The molecule has 0 atom stereocenters. The van der Waals surface area contributed by atoms with Gasteiger partial charge in [-0.2, -0.15) is 0 Å². The minimum Gasteiger partial charge on any atom is -0.406 e. The number of aliphatic imine (C=N–C) groups is 1. The smallest absolute Gasteiger partial charge is 0.406 e. The van der Waals surface area contributed by atoms with Crippen LogP contribution in [0, 0.1) is 0 Å². The average Bonchev–Trinajstić information content (AvgIpc) is 2.99. The van der Waals surface area contributed by atoms with Gasteiger partial charge in [0.15, 0.2) is 0 Å². The first kappa shape index (κ1) is 18.9. The molecule has 0 radical (unpaired) electrons. The van der Waals surface area contributed by atoms with Gasteiger partial charge in [0.25, 0.3) is 5.24 Å². The number of aromatic nitrogens is 2. The van der Waals surface area contributed by atoms with Crippen molar-refractivity contribution in [1.82, 2.24) is 15.3 Å². The number of nitrogens with one attached hydrogen (secondary N) is 1. The van der Waals surface area contributed by atoms with Gasteiger partial charge in [-0.15, -0.1) is 13.2 Å². The molecule has 1 N–H and O–H groups in total. The van der Waals surface area contributed by atoms with E-state index in [2.05, 4.69) is 25.0 Å². The number of carbonyl (C=O) groups excluding carboxylic acids is 1. The van der Waals surface area contributed by atoms with E-state index in [-0.39, 0.29) is 16.8 Å². The van der Waals surface area contributed by atoms with Crippen LogP contribution < -0.4 is 10.1 Å². The summed E-state index contributed by atoms with van der Waals surface area (Å²) in [5.74, 6) is -0.154. The highest BCUT2D eigenvalue weighted by atomic mass is 32.2. The number of amidine groups is 1. The number of thioether (sulfide) groups is 1. The van der Waals surface area contributed by atoms with Crippen LogP contribution >= 0.6 is 11.8 Å². The van der Waals surface area contributed by atoms with Crippen molar-refractivity contribution in [3.63, 3.8) is 0 Å². The fraction of sp³-hybridized carbons (Fsp3) is 0.0526. The summed E-state index contributed by atoms with van der Waals surface area (Å²) in [6, 6.07) is 10.6. The van der Waals surface area contributed by atoms with Crippen molar-refractivity contribution in [1.29, 1.82) is 0 Å². The molecule has 2 aromatic carbocycles. The fourth-order valence-corrected chi connectivity index (χ4v) is 3.35. The molecule has 1 amide bonds. The predicted molar refractivity (Wildman–Crippen MR) is 104 cm³/mol. The molecule has 6 nitrogen and oxygen atoms in total. The van der Waals surface area contributed by atoms with Crippen LogP contribution in [-0.4, -0.2) is 27.4 Å². The molecule has 4 rings (SSSR count). The van der Waals surface area contributed by atoms with Gasteiger partial charge in [0.1, 0.15) is 11.6 Å². The zero-order chi connectivity index (χ0) is 20.4. The summed E-state index contributed by atoms with van der Waals surface area (Å²) < 4.78 is 41.1. The van der Waals surface area contributed by atoms with Crippen LogP contribution in [0.25, 0.3) is 17.1 Å². The summed E-state index contributed by atoms with van der Waals surface area (Å²) in [7, 11) is 0. The quantitative estimate of drug-likeness (QED) is 0.646. The van der Waals surface area contributed by atoms with Crippen molar-refractivity contribution in [2.24, 2.45) is 4.99 Å². The largest absolute Gasteiger partial charge is 0.573 e. The molecule has 1 aliphatic rings. The Labute approximate surface area is 166 Å². The van der Waals surface area contributed by atoms with E-state index in [0.29, 0.717) is 10.4 Å². The normalized spacial score (nSPS) is 17.1. The molecule has 10 heteroatoms. The van der Waals surface area contributed by atoms with Crippen LogP contribution in [0.3, 0.4) is 0 Å². The number of nitrogens with zero attached hydrogens (tertiary/aromatic N) is 3. The first-order valence-electron chi connectivity index (χ1n) is 8.22. The number of rotatable bonds is 3. The van der Waals surface area contributed by atoms with Crippen LogP contribution in [-0.2, 0) is 0 Å². The molecule has 29 heavy (non-hydrogen) atoms. The lowest BCUT2D eigenvalue weighted by molar-refractivity contribution is -0.274. The maximum absolute atomic E-state index is 12.4. The number of hydrogen-bond acceptors (Lipinski definition) is 6. The lowest BCUT2D eigenvalue weighted by atomic mass is 10.1. The monoisotopic (exact) mass is 416 g/mol. The SMILES string of the molecule is O=C1NC(=Nc2cccc(OC(F)(F)F)c2)/C(=C/c2ccc3nccnc3c2)S1. The van der Waals surface area contributed by atoms with Crippen molar-refractivity contribution in [2.45, 2.75) is 6.36 Å². The van der Waals surface area contributed by atoms with Crippen molar-refractivity contribution in [2.75, 3.05) is 0 Å². The summed E-state index contributed by atoms with van der Waals surface area (Å²) in [6.07, 6.45) is 0.119. The molecule has 1 aromatic heterocycles. The molecule has 1 aliphatic heterocycles. The van der Waals surface area contributed by atoms with Gasteiger partial charge in [-0.05, 0) is 47.7 Å². The Bertz CT molecular complexity index is 1160. The second kappa shape index (κ2) is 7.55. The Morgan fingerprint density at radius 3 is 2.66 bits per heavy atom. The molecule has 146 valence electrons. The van der Waals surface area contributed by atoms with E-state index in [0.717, 1.165) is 28.9 Å². The van der Waals surface area contributed by atoms with Crippen LogP contribution in [0.1, 0.15) is 5.56 Å². The highest BCUT2D eigenvalue weighted by Crippen LogP contribution is 2.31. The molecular formula is C19H11F3N4O2S. The topological polar surface area (TPSA) is 76.5 Å². The van der Waals surface area contributed by atoms with Crippen molar-refractivity contribution in [3.8, 4) is 5.75 Å². The van der Waals surface area contributed by atoms with Gasteiger partial charge < -0.3 is 10.1 Å². The summed E-state index contributed by atoms with van der Waals surface area (Å²) in [4.78, 5) is 25.1. The maximum atomic E-state index is 12.4. The Morgan fingerprint density at radius 1 is 1.07 bits per heavy atom. The van der Waals surface area contributed by atoms with Gasteiger partial charge >= 0.3 is 6.36 Å².